The Balaban J connectivity index is 1.86. The van der Waals surface area contributed by atoms with Crippen molar-refractivity contribution in [1.82, 2.24) is 9.62 Å². The molecular weight excluding hydrogens is 406 g/mol. The molecule has 8 nitrogen and oxygen atoms in total. The topological polar surface area (TPSA) is 105 Å². The molecule has 0 fully saturated rings. The zero-order valence-corrected chi connectivity index (χ0v) is 17.5. The summed E-state index contributed by atoms with van der Waals surface area (Å²) in [6.07, 6.45) is 0.989. The molecule has 0 saturated heterocycles. The number of nitrogens with zero attached hydrogens (tertiary/aromatic N) is 1. The highest BCUT2D eigenvalue weighted by atomic mass is 32.2. The Kier molecular flexibility index (Phi) is 8.57. The number of hydrogen-bond donors (Lipinski definition) is 2. The number of anilines is 1. The van der Waals surface area contributed by atoms with Crippen molar-refractivity contribution in [2.24, 2.45) is 0 Å². The van der Waals surface area contributed by atoms with Gasteiger partial charge in [0.05, 0.1) is 4.90 Å². The van der Waals surface area contributed by atoms with Gasteiger partial charge in [-0.05, 0) is 42.3 Å². The summed E-state index contributed by atoms with van der Waals surface area (Å²) in [6, 6.07) is 15.1. The number of carbonyl (C=O) groups is 2. The third kappa shape index (κ3) is 7.02. The molecule has 0 aliphatic heterocycles. The maximum atomic E-state index is 12.6. The van der Waals surface area contributed by atoms with Crippen molar-refractivity contribution in [3.8, 4) is 0 Å². The van der Waals surface area contributed by atoms with Gasteiger partial charge in [-0.25, -0.2) is 17.5 Å². The minimum Gasteiger partial charge on any atom is -0.444 e. The molecule has 0 saturated carbocycles. The molecule has 0 aromatic heterocycles. The zero-order valence-electron chi connectivity index (χ0n) is 16.7. The summed E-state index contributed by atoms with van der Waals surface area (Å²) < 4.78 is 31.6. The number of rotatable bonds is 10. The molecule has 2 N–H and O–H groups in total. The molecule has 0 aliphatic rings. The number of hydrogen-bond acceptors (Lipinski definition) is 5. The first-order valence-corrected chi connectivity index (χ1v) is 10.7. The summed E-state index contributed by atoms with van der Waals surface area (Å²) in [5.74, 6) is -0.300. The molecule has 0 heterocycles. The number of ether oxygens (including phenoxy) is 1. The fraction of sp³-hybridized carbons (Fsp3) is 0.238. The molecule has 30 heavy (non-hydrogen) atoms. The molecule has 2 aromatic carbocycles. The van der Waals surface area contributed by atoms with Crippen LogP contribution in [0.1, 0.15) is 12.0 Å². The molecule has 160 valence electrons. The van der Waals surface area contributed by atoms with Gasteiger partial charge in [0.15, 0.2) is 0 Å². The van der Waals surface area contributed by atoms with Gasteiger partial charge in [-0.3, -0.25) is 10.1 Å². The van der Waals surface area contributed by atoms with Crippen molar-refractivity contribution in [1.29, 1.82) is 0 Å². The number of carbonyl (C=O) groups excluding carboxylic acids is 2. The van der Waals surface area contributed by atoms with E-state index in [1.165, 1.54) is 35.6 Å². The molecule has 0 atom stereocenters. The Morgan fingerprint density at radius 2 is 1.77 bits per heavy atom. The van der Waals surface area contributed by atoms with Crippen molar-refractivity contribution in [3.63, 3.8) is 0 Å². The molecule has 2 amide bonds. The van der Waals surface area contributed by atoms with Crippen LogP contribution in [-0.2, 0) is 26.2 Å². The van der Waals surface area contributed by atoms with Crippen LogP contribution in [0, 0.1) is 0 Å². The standard InChI is InChI=1S/C21H25N3O5S/c1-3-20(25)22-14-7-15-24(2)30(27,28)19-12-10-18(11-13-19)23-21(26)29-16-17-8-5-4-6-9-17/h3-6,8-13H,1,7,14-16H2,2H3,(H,22,25)(H,23,26). The molecule has 0 unspecified atom stereocenters. The van der Waals surface area contributed by atoms with Gasteiger partial charge < -0.3 is 10.1 Å². The van der Waals surface area contributed by atoms with Gasteiger partial charge >= 0.3 is 6.09 Å². The Morgan fingerprint density at radius 3 is 2.40 bits per heavy atom. The first-order valence-electron chi connectivity index (χ1n) is 9.27. The van der Waals surface area contributed by atoms with Crippen molar-refractivity contribution >= 4 is 27.7 Å². The van der Waals surface area contributed by atoms with Crippen LogP contribution in [0.4, 0.5) is 10.5 Å². The van der Waals surface area contributed by atoms with Gasteiger partial charge in [0.25, 0.3) is 0 Å². The van der Waals surface area contributed by atoms with Crippen LogP contribution in [0.2, 0.25) is 0 Å². The molecule has 0 radical (unpaired) electrons. The minimum absolute atomic E-state index is 0.100. The summed E-state index contributed by atoms with van der Waals surface area (Å²) in [5.41, 5.74) is 1.28. The predicted molar refractivity (Wildman–Crippen MR) is 114 cm³/mol. The second-order valence-electron chi connectivity index (χ2n) is 6.39. The third-order valence-electron chi connectivity index (χ3n) is 4.16. The lowest BCUT2D eigenvalue weighted by Gasteiger charge is -2.17. The first-order chi connectivity index (χ1) is 14.3. The van der Waals surface area contributed by atoms with Crippen molar-refractivity contribution in [3.05, 3.63) is 72.8 Å². The van der Waals surface area contributed by atoms with E-state index >= 15 is 0 Å². The zero-order chi connectivity index (χ0) is 22.0. The molecular formula is C21H25N3O5S. The van der Waals surface area contributed by atoms with E-state index < -0.39 is 16.1 Å². The predicted octanol–water partition coefficient (Wildman–Crippen LogP) is 2.75. The van der Waals surface area contributed by atoms with Crippen molar-refractivity contribution in [2.45, 2.75) is 17.9 Å². The van der Waals surface area contributed by atoms with Gasteiger partial charge in [-0.1, -0.05) is 36.9 Å². The number of benzene rings is 2. The van der Waals surface area contributed by atoms with Gasteiger partial charge in [0.2, 0.25) is 15.9 Å². The molecule has 0 spiro atoms. The van der Waals surface area contributed by atoms with E-state index in [-0.39, 0.29) is 24.0 Å². The summed E-state index contributed by atoms with van der Waals surface area (Å²) in [4.78, 5) is 23.1. The van der Waals surface area contributed by atoms with Crippen LogP contribution < -0.4 is 10.6 Å². The van der Waals surface area contributed by atoms with Gasteiger partial charge in [0, 0.05) is 25.8 Å². The summed E-state index contributed by atoms with van der Waals surface area (Å²) in [6.45, 7) is 4.07. The Labute approximate surface area is 176 Å². The summed E-state index contributed by atoms with van der Waals surface area (Å²) in [7, 11) is -2.21. The highest BCUT2D eigenvalue weighted by Gasteiger charge is 2.20. The largest absolute Gasteiger partial charge is 0.444 e. The van der Waals surface area contributed by atoms with E-state index in [0.717, 1.165) is 11.6 Å². The van der Waals surface area contributed by atoms with Crippen LogP contribution in [-0.4, -0.2) is 44.9 Å². The second kappa shape index (κ2) is 11.1. The van der Waals surface area contributed by atoms with E-state index in [2.05, 4.69) is 17.2 Å². The van der Waals surface area contributed by atoms with Crippen LogP contribution in [0.3, 0.4) is 0 Å². The van der Waals surface area contributed by atoms with E-state index in [0.29, 0.717) is 18.7 Å². The van der Waals surface area contributed by atoms with Crippen LogP contribution in [0.25, 0.3) is 0 Å². The molecule has 2 rings (SSSR count). The fourth-order valence-electron chi connectivity index (χ4n) is 2.47. The average molecular weight is 432 g/mol. The van der Waals surface area contributed by atoms with E-state index in [1.807, 2.05) is 30.3 Å². The van der Waals surface area contributed by atoms with Gasteiger partial charge in [0.1, 0.15) is 6.61 Å². The lowest BCUT2D eigenvalue weighted by atomic mass is 10.2. The monoisotopic (exact) mass is 431 g/mol. The Hall–Kier alpha value is -3.17. The molecule has 0 bridgehead atoms. The highest BCUT2D eigenvalue weighted by molar-refractivity contribution is 7.89. The molecule has 9 heteroatoms. The van der Waals surface area contributed by atoms with Crippen LogP contribution >= 0.6 is 0 Å². The lowest BCUT2D eigenvalue weighted by molar-refractivity contribution is -0.116. The third-order valence-corrected chi connectivity index (χ3v) is 6.03. The normalized spacial score (nSPS) is 11.0. The lowest BCUT2D eigenvalue weighted by Crippen LogP contribution is -2.31. The van der Waals surface area contributed by atoms with Crippen LogP contribution in [0.5, 0.6) is 0 Å². The molecule has 0 aliphatic carbocycles. The number of sulfonamides is 1. The summed E-state index contributed by atoms with van der Waals surface area (Å²) in [5, 5.41) is 5.15. The van der Waals surface area contributed by atoms with Crippen molar-refractivity contribution in [2.75, 3.05) is 25.5 Å². The Morgan fingerprint density at radius 1 is 1.10 bits per heavy atom. The van der Waals surface area contributed by atoms with Crippen molar-refractivity contribution < 1.29 is 22.7 Å². The Bertz CT molecular complexity index is 960. The second-order valence-corrected chi connectivity index (χ2v) is 8.43. The van der Waals surface area contributed by atoms with E-state index in [4.69, 9.17) is 4.74 Å². The SMILES string of the molecule is C=CC(=O)NCCCN(C)S(=O)(=O)c1ccc(NC(=O)OCc2ccccc2)cc1. The van der Waals surface area contributed by atoms with Crippen LogP contribution in [0.15, 0.2) is 72.1 Å². The number of amides is 2. The molecule has 2 aromatic rings. The van der Waals surface area contributed by atoms with E-state index in [9.17, 15) is 18.0 Å². The van der Waals surface area contributed by atoms with E-state index in [1.54, 1.807) is 0 Å². The highest BCUT2D eigenvalue weighted by Crippen LogP contribution is 2.18. The summed E-state index contributed by atoms with van der Waals surface area (Å²) >= 11 is 0. The quantitative estimate of drug-likeness (QED) is 0.445. The smallest absolute Gasteiger partial charge is 0.411 e. The first kappa shape index (κ1) is 23.1. The fourth-order valence-corrected chi connectivity index (χ4v) is 3.68. The maximum Gasteiger partial charge on any atom is 0.411 e. The van der Waals surface area contributed by atoms with Gasteiger partial charge in [-0.2, -0.15) is 0 Å². The average Bonchev–Trinajstić information content (AvgIpc) is 2.76. The van der Waals surface area contributed by atoms with Gasteiger partial charge in [-0.15, -0.1) is 0 Å². The minimum atomic E-state index is -3.68. The number of nitrogens with one attached hydrogen (secondary N) is 2. The maximum absolute atomic E-state index is 12.6.